The molecule has 0 bridgehead atoms. The van der Waals surface area contributed by atoms with Gasteiger partial charge < -0.3 is 0 Å². The van der Waals surface area contributed by atoms with Gasteiger partial charge in [-0.15, -0.1) is 11.3 Å². The van der Waals surface area contributed by atoms with Crippen LogP contribution in [0.2, 0.25) is 0 Å². The third kappa shape index (κ3) is 4.49. The Bertz CT molecular complexity index is 921. The van der Waals surface area contributed by atoms with Gasteiger partial charge in [0.1, 0.15) is 5.82 Å². The summed E-state index contributed by atoms with van der Waals surface area (Å²) in [5.41, 5.74) is 1.84. The van der Waals surface area contributed by atoms with E-state index < -0.39 is 15.7 Å². The van der Waals surface area contributed by atoms with Crippen molar-refractivity contribution >= 4 is 21.2 Å². The fraction of sp³-hybridized carbons (Fsp3) is 0.167. The average molecular weight is 361 g/mol. The number of aromatic nitrogens is 1. The van der Waals surface area contributed by atoms with Crippen LogP contribution in [0.15, 0.2) is 60.0 Å². The van der Waals surface area contributed by atoms with Gasteiger partial charge >= 0.3 is 0 Å². The van der Waals surface area contributed by atoms with Gasteiger partial charge in [0, 0.05) is 17.4 Å². The molecular weight excluding hydrogens is 345 g/mol. The van der Waals surface area contributed by atoms with Crippen LogP contribution in [0.3, 0.4) is 0 Å². The van der Waals surface area contributed by atoms with E-state index in [4.69, 9.17) is 0 Å². The van der Waals surface area contributed by atoms with Crippen molar-refractivity contribution in [2.75, 3.05) is 0 Å². The summed E-state index contributed by atoms with van der Waals surface area (Å²) >= 11 is 1.44. The van der Waals surface area contributed by atoms with Gasteiger partial charge in [0.25, 0.3) is 0 Å². The third-order valence-corrected chi connectivity index (χ3v) is 5.88. The van der Waals surface area contributed by atoms with Gasteiger partial charge in [-0.05, 0) is 11.6 Å². The Morgan fingerprint density at radius 1 is 0.958 bits per heavy atom. The van der Waals surface area contributed by atoms with E-state index in [0.29, 0.717) is 12.1 Å². The number of thiazole rings is 1. The maximum absolute atomic E-state index is 13.6. The number of hydrogen-bond donors (Lipinski definition) is 0. The van der Waals surface area contributed by atoms with Gasteiger partial charge in [0.15, 0.2) is 9.84 Å². The minimum Gasteiger partial charge on any atom is -0.245 e. The van der Waals surface area contributed by atoms with Gasteiger partial charge in [-0.2, -0.15) is 0 Å². The minimum absolute atomic E-state index is 0.174. The lowest BCUT2D eigenvalue weighted by Crippen LogP contribution is -2.09. The molecule has 0 unspecified atom stereocenters. The van der Waals surface area contributed by atoms with E-state index in [0.717, 1.165) is 10.6 Å². The monoisotopic (exact) mass is 361 g/mol. The Morgan fingerprint density at radius 2 is 1.67 bits per heavy atom. The van der Waals surface area contributed by atoms with Crippen LogP contribution in [0.1, 0.15) is 21.8 Å². The molecule has 0 spiro atoms. The number of benzene rings is 2. The van der Waals surface area contributed by atoms with Crippen molar-refractivity contribution in [1.29, 1.82) is 0 Å². The van der Waals surface area contributed by atoms with Gasteiger partial charge in [0.05, 0.1) is 22.2 Å². The fourth-order valence-corrected chi connectivity index (χ4v) is 4.74. The van der Waals surface area contributed by atoms with Gasteiger partial charge in [-0.1, -0.05) is 48.5 Å². The van der Waals surface area contributed by atoms with E-state index in [2.05, 4.69) is 4.98 Å². The molecule has 3 nitrogen and oxygen atoms in total. The highest BCUT2D eigenvalue weighted by Gasteiger charge is 2.17. The molecule has 2 aromatic carbocycles. The number of nitrogens with zero attached hydrogens (tertiary/aromatic N) is 1. The first-order valence-electron chi connectivity index (χ1n) is 7.43. The molecule has 3 rings (SSSR count). The van der Waals surface area contributed by atoms with Crippen molar-refractivity contribution in [2.45, 2.75) is 17.9 Å². The standard InChI is InChI=1S/C18H16FNO2S2/c19-17-9-5-4-8-15(17)12-24(21,22)13-16-11-23-18(20-16)10-14-6-2-1-3-7-14/h1-9,11H,10,12-13H2. The lowest BCUT2D eigenvalue weighted by atomic mass is 10.2. The zero-order chi connectivity index (χ0) is 17.0. The van der Waals surface area contributed by atoms with E-state index in [9.17, 15) is 12.8 Å². The fourth-order valence-electron chi connectivity index (χ4n) is 2.40. The van der Waals surface area contributed by atoms with E-state index in [1.54, 1.807) is 17.5 Å². The summed E-state index contributed by atoms with van der Waals surface area (Å²) in [4.78, 5) is 4.40. The van der Waals surface area contributed by atoms with Crippen molar-refractivity contribution in [3.63, 3.8) is 0 Å². The summed E-state index contributed by atoms with van der Waals surface area (Å²) in [5.74, 6) is -0.984. The lowest BCUT2D eigenvalue weighted by Gasteiger charge is -2.04. The molecule has 3 aromatic rings. The molecule has 0 aliphatic carbocycles. The second kappa shape index (κ2) is 7.23. The van der Waals surface area contributed by atoms with Gasteiger partial charge in [-0.25, -0.2) is 17.8 Å². The molecule has 124 valence electrons. The summed E-state index contributed by atoms with van der Waals surface area (Å²) in [6.07, 6.45) is 0.679. The molecule has 1 aromatic heterocycles. The molecule has 1 heterocycles. The average Bonchev–Trinajstić information content (AvgIpc) is 2.96. The molecule has 0 N–H and O–H groups in total. The maximum Gasteiger partial charge on any atom is 0.160 e. The number of rotatable bonds is 6. The SMILES string of the molecule is O=S(=O)(Cc1csc(Cc2ccccc2)n1)Cc1ccccc1F. The summed E-state index contributed by atoms with van der Waals surface area (Å²) in [6, 6.07) is 15.8. The van der Waals surface area contributed by atoms with Crippen LogP contribution < -0.4 is 0 Å². The first-order valence-corrected chi connectivity index (χ1v) is 10.1. The first-order chi connectivity index (χ1) is 11.5. The third-order valence-electron chi connectivity index (χ3n) is 3.50. The zero-order valence-corrected chi connectivity index (χ0v) is 14.5. The molecule has 24 heavy (non-hydrogen) atoms. The van der Waals surface area contributed by atoms with Crippen molar-refractivity contribution in [2.24, 2.45) is 0 Å². The van der Waals surface area contributed by atoms with Crippen LogP contribution in [-0.4, -0.2) is 13.4 Å². The van der Waals surface area contributed by atoms with Crippen LogP contribution in [0, 0.1) is 5.82 Å². The normalized spacial score (nSPS) is 11.5. The Hall–Kier alpha value is -2.05. The molecule has 0 aliphatic rings. The van der Waals surface area contributed by atoms with E-state index in [1.807, 2.05) is 30.3 Å². The van der Waals surface area contributed by atoms with Crippen molar-refractivity contribution < 1.29 is 12.8 Å². The maximum atomic E-state index is 13.6. The molecule has 0 fully saturated rings. The van der Waals surface area contributed by atoms with Gasteiger partial charge in [0.2, 0.25) is 0 Å². The number of sulfone groups is 1. The van der Waals surface area contributed by atoms with Crippen LogP contribution in [0.5, 0.6) is 0 Å². The van der Waals surface area contributed by atoms with Crippen molar-refractivity contribution in [3.8, 4) is 0 Å². The van der Waals surface area contributed by atoms with Crippen molar-refractivity contribution in [3.05, 3.63) is 87.6 Å². The van der Waals surface area contributed by atoms with E-state index >= 15 is 0 Å². The quantitative estimate of drug-likeness (QED) is 0.667. The second-order valence-corrected chi connectivity index (χ2v) is 8.53. The zero-order valence-electron chi connectivity index (χ0n) is 12.9. The molecule has 0 atom stereocenters. The summed E-state index contributed by atoms with van der Waals surface area (Å²) in [6.45, 7) is 0. The largest absolute Gasteiger partial charge is 0.245 e. The first kappa shape index (κ1) is 16.8. The summed E-state index contributed by atoms with van der Waals surface area (Å²) in [5, 5.41) is 2.63. The van der Waals surface area contributed by atoms with Crippen LogP contribution >= 0.6 is 11.3 Å². The molecule has 0 radical (unpaired) electrons. The highest BCUT2D eigenvalue weighted by Crippen LogP contribution is 2.19. The Kier molecular flexibility index (Phi) is 5.06. The van der Waals surface area contributed by atoms with Gasteiger partial charge in [-0.3, -0.25) is 0 Å². The molecule has 0 saturated heterocycles. The van der Waals surface area contributed by atoms with Crippen LogP contribution in [0.4, 0.5) is 4.39 Å². The Balaban J connectivity index is 1.68. The lowest BCUT2D eigenvalue weighted by molar-refractivity contribution is 0.586. The number of halogens is 1. The molecular formula is C18H16FNO2S2. The summed E-state index contributed by atoms with van der Waals surface area (Å²) in [7, 11) is -3.47. The molecule has 0 amide bonds. The highest BCUT2D eigenvalue weighted by atomic mass is 32.2. The predicted octanol–water partition coefficient (Wildman–Crippen LogP) is 3.99. The van der Waals surface area contributed by atoms with Crippen LogP contribution in [0.25, 0.3) is 0 Å². The van der Waals surface area contributed by atoms with Crippen molar-refractivity contribution in [1.82, 2.24) is 4.98 Å². The summed E-state index contributed by atoms with van der Waals surface area (Å²) < 4.78 is 38.2. The second-order valence-electron chi connectivity index (χ2n) is 5.52. The topological polar surface area (TPSA) is 47.0 Å². The Labute approximate surface area is 144 Å². The minimum atomic E-state index is -3.47. The smallest absolute Gasteiger partial charge is 0.160 e. The number of hydrogen-bond acceptors (Lipinski definition) is 4. The molecule has 0 saturated carbocycles. The van der Waals surface area contributed by atoms with Crippen LogP contribution in [-0.2, 0) is 27.8 Å². The molecule has 6 heteroatoms. The van der Waals surface area contributed by atoms with E-state index in [-0.39, 0.29) is 17.1 Å². The van der Waals surface area contributed by atoms with E-state index in [1.165, 1.54) is 23.5 Å². The highest BCUT2D eigenvalue weighted by molar-refractivity contribution is 7.89. The Morgan fingerprint density at radius 3 is 2.42 bits per heavy atom. The molecule has 0 aliphatic heterocycles. The predicted molar refractivity (Wildman–Crippen MR) is 94.1 cm³/mol.